The van der Waals surface area contributed by atoms with Crippen molar-refractivity contribution >= 4 is 6.34 Å². The van der Waals surface area contributed by atoms with E-state index in [-0.39, 0.29) is 0 Å². The summed E-state index contributed by atoms with van der Waals surface area (Å²) in [6.07, 6.45) is 2.94. The number of hydrogen-bond donors (Lipinski definition) is 0. The Labute approximate surface area is 68.0 Å². The number of aliphatic imine (C=N–C) groups is 1. The third-order valence-corrected chi connectivity index (χ3v) is 1.88. The highest BCUT2D eigenvalue weighted by atomic mass is 15.3. The first-order chi connectivity index (χ1) is 5.22. The molecule has 1 aliphatic rings. The first kappa shape index (κ1) is 8.11. The van der Waals surface area contributed by atoms with Gasteiger partial charge in [-0.2, -0.15) is 0 Å². The van der Waals surface area contributed by atoms with Crippen LogP contribution >= 0.6 is 0 Å². The molecule has 0 aromatic heterocycles. The van der Waals surface area contributed by atoms with Crippen LogP contribution in [0.3, 0.4) is 0 Å². The summed E-state index contributed by atoms with van der Waals surface area (Å²) in [5.74, 6) is 1.01. The lowest BCUT2D eigenvalue weighted by Gasteiger charge is -2.28. The van der Waals surface area contributed by atoms with Gasteiger partial charge >= 0.3 is 0 Å². The highest BCUT2D eigenvalue weighted by Gasteiger charge is 2.06. The minimum Gasteiger partial charge on any atom is -0.361 e. The highest BCUT2D eigenvalue weighted by Crippen LogP contribution is 2.04. The molecule has 0 saturated carbocycles. The number of rotatable bonds is 0. The van der Waals surface area contributed by atoms with Gasteiger partial charge < -0.3 is 9.80 Å². The van der Waals surface area contributed by atoms with Gasteiger partial charge in [-0.15, -0.1) is 0 Å². The molecule has 1 heterocycles. The summed E-state index contributed by atoms with van der Waals surface area (Å²) in [4.78, 5) is 8.30. The summed E-state index contributed by atoms with van der Waals surface area (Å²) in [5, 5.41) is 0. The van der Waals surface area contributed by atoms with Crippen LogP contribution in [0.1, 0.15) is 6.42 Å². The molecular weight excluding hydrogens is 138 g/mol. The Morgan fingerprint density at radius 3 is 3.00 bits per heavy atom. The number of hydrogen-bond acceptors (Lipinski definition) is 3. The van der Waals surface area contributed by atoms with Gasteiger partial charge in [-0.25, -0.2) is 0 Å². The molecule has 0 bridgehead atoms. The summed E-state index contributed by atoms with van der Waals surface area (Å²) in [6.45, 7) is 5.90. The second-order valence-corrected chi connectivity index (χ2v) is 2.82. The van der Waals surface area contributed by atoms with E-state index in [0.29, 0.717) is 0 Å². The minimum absolute atomic E-state index is 0.919. The number of nitrogens with zero attached hydrogens (tertiary/aromatic N) is 3. The van der Waals surface area contributed by atoms with Crippen LogP contribution in [0.15, 0.2) is 17.4 Å². The van der Waals surface area contributed by atoms with E-state index in [0.717, 1.165) is 25.3 Å². The molecule has 1 rings (SSSR count). The van der Waals surface area contributed by atoms with Crippen molar-refractivity contribution in [1.29, 1.82) is 0 Å². The van der Waals surface area contributed by atoms with Crippen molar-refractivity contribution in [1.82, 2.24) is 9.80 Å². The molecule has 0 radical (unpaired) electrons. The second kappa shape index (κ2) is 3.42. The van der Waals surface area contributed by atoms with Crippen molar-refractivity contribution in [3.8, 4) is 0 Å². The Balaban J connectivity index is 2.64. The van der Waals surface area contributed by atoms with E-state index in [4.69, 9.17) is 0 Å². The molecule has 0 saturated heterocycles. The quantitative estimate of drug-likeness (QED) is 0.511. The monoisotopic (exact) mass is 153 g/mol. The lowest BCUT2D eigenvalue weighted by Crippen LogP contribution is -2.31. The summed E-state index contributed by atoms with van der Waals surface area (Å²) in [7, 11) is 4.02. The Morgan fingerprint density at radius 2 is 2.27 bits per heavy atom. The molecule has 0 atom stereocenters. The standard InChI is InChI=1S/C8H15N3/c1-8-10(2)6-4-5-9-7-11(8)3/h7H,1,4-6H2,2-3H3/b9-7-. The smallest absolute Gasteiger partial charge is 0.101 e. The van der Waals surface area contributed by atoms with Gasteiger partial charge in [-0.05, 0) is 6.42 Å². The predicted molar refractivity (Wildman–Crippen MR) is 47.5 cm³/mol. The maximum atomic E-state index is 4.21. The Bertz CT molecular complexity index is 174. The zero-order chi connectivity index (χ0) is 8.27. The molecule has 11 heavy (non-hydrogen) atoms. The molecular formula is C8H15N3. The topological polar surface area (TPSA) is 18.8 Å². The molecule has 0 N–H and O–H groups in total. The molecule has 0 aromatic rings. The van der Waals surface area contributed by atoms with Crippen molar-refractivity contribution < 1.29 is 0 Å². The van der Waals surface area contributed by atoms with Crippen LogP contribution in [0.2, 0.25) is 0 Å². The second-order valence-electron chi connectivity index (χ2n) is 2.82. The maximum absolute atomic E-state index is 4.21. The fraction of sp³-hybridized carbons (Fsp3) is 0.625. The van der Waals surface area contributed by atoms with E-state index in [1.165, 1.54) is 0 Å². The average molecular weight is 153 g/mol. The van der Waals surface area contributed by atoms with E-state index in [1.54, 1.807) is 0 Å². The van der Waals surface area contributed by atoms with Gasteiger partial charge in [-0.3, -0.25) is 4.99 Å². The van der Waals surface area contributed by atoms with Crippen LogP contribution in [0.4, 0.5) is 0 Å². The Morgan fingerprint density at radius 1 is 1.55 bits per heavy atom. The lowest BCUT2D eigenvalue weighted by atomic mass is 10.4. The van der Waals surface area contributed by atoms with E-state index in [1.807, 2.05) is 18.3 Å². The fourth-order valence-electron chi connectivity index (χ4n) is 1.04. The largest absolute Gasteiger partial charge is 0.361 e. The molecule has 0 spiro atoms. The molecule has 0 aliphatic carbocycles. The van der Waals surface area contributed by atoms with Gasteiger partial charge in [0.25, 0.3) is 0 Å². The molecule has 1 aliphatic heterocycles. The lowest BCUT2D eigenvalue weighted by molar-refractivity contribution is 0.329. The van der Waals surface area contributed by atoms with E-state index in [2.05, 4.69) is 23.5 Å². The Hall–Kier alpha value is -0.990. The van der Waals surface area contributed by atoms with E-state index < -0.39 is 0 Å². The predicted octanol–water partition coefficient (Wildman–Crippen LogP) is 0.753. The van der Waals surface area contributed by atoms with Gasteiger partial charge in [0, 0.05) is 27.2 Å². The van der Waals surface area contributed by atoms with Gasteiger partial charge in [-0.1, -0.05) is 6.58 Å². The van der Waals surface area contributed by atoms with Crippen LogP contribution in [0, 0.1) is 0 Å². The highest BCUT2D eigenvalue weighted by molar-refractivity contribution is 5.57. The minimum atomic E-state index is 0.919. The van der Waals surface area contributed by atoms with Crippen molar-refractivity contribution in [3.63, 3.8) is 0 Å². The van der Waals surface area contributed by atoms with Crippen LogP contribution in [-0.2, 0) is 0 Å². The summed E-state index contributed by atoms with van der Waals surface area (Å²) < 4.78 is 0. The van der Waals surface area contributed by atoms with Crippen molar-refractivity contribution in [2.24, 2.45) is 4.99 Å². The molecule has 3 heteroatoms. The summed E-state index contributed by atoms with van der Waals surface area (Å²) in [6, 6.07) is 0. The molecule has 0 fully saturated rings. The summed E-state index contributed by atoms with van der Waals surface area (Å²) in [5.41, 5.74) is 0. The van der Waals surface area contributed by atoms with Crippen molar-refractivity contribution in [3.05, 3.63) is 12.4 Å². The van der Waals surface area contributed by atoms with Crippen LogP contribution < -0.4 is 0 Å². The van der Waals surface area contributed by atoms with Crippen molar-refractivity contribution in [2.75, 3.05) is 27.2 Å². The molecule has 3 nitrogen and oxygen atoms in total. The zero-order valence-corrected chi connectivity index (χ0v) is 7.25. The van der Waals surface area contributed by atoms with Gasteiger partial charge in [0.15, 0.2) is 0 Å². The Kier molecular flexibility index (Phi) is 2.52. The van der Waals surface area contributed by atoms with Gasteiger partial charge in [0.1, 0.15) is 5.82 Å². The van der Waals surface area contributed by atoms with E-state index in [9.17, 15) is 0 Å². The van der Waals surface area contributed by atoms with Crippen LogP contribution in [0.25, 0.3) is 0 Å². The zero-order valence-electron chi connectivity index (χ0n) is 7.25. The third-order valence-electron chi connectivity index (χ3n) is 1.88. The van der Waals surface area contributed by atoms with Gasteiger partial charge in [0.2, 0.25) is 0 Å². The first-order valence-electron chi connectivity index (χ1n) is 3.84. The molecule has 0 unspecified atom stereocenters. The molecule has 62 valence electrons. The van der Waals surface area contributed by atoms with Crippen molar-refractivity contribution in [2.45, 2.75) is 6.42 Å². The van der Waals surface area contributed by atoms with E-state index >= 15 is 0 Å². The fourth-order valence-corrected chi connectivity index (χ4v) is 1.04. The first-order valence-corrected chi connectivity index (χ1v) is 3.84. The molecule has 0 amide bonds. The molecule has 0 aromatic carbocycles. The normalized spacial score (nSPS) is 22.9. The SMILES string of the molecule is C=C1N(C)/C=N\CCCN1C. The summed E-state index contributed by atoms with van der Waals surface area (Å²) >= 11 is 0. The maximum Gasteiger partial charge on any atom is 0.101 e. The average Bonchev–Trinajstić information content (AvgIpc) is 2.00. The van der Waals surface area contributed by atoms with Crippen LogP contribution in [-0.4, -0.2) is 43.3 Å². The third kappa shape index (κ3) is 1.97. The van der Waals surface area contributed by atoms with Crippen LogP contribution in [0.5, 0.6) is 0 Å². The van der Waals surface area contributed by atoms with Gasteiger partial charge in [0.05, 0.1) is 6.34 Å².